The van der Waals surface area contributed by atoms with Crippen LogP contribution in [0, 0.1) is 19.7 Å². The van der Waals surface area contributed by atoms with Crippen molar-refractivity contribution in [2.45, 2.75) is 32.7 Å². The summed E-state index contributed by atoms with van der Waals surface area (Å²) in [6, 6.07) is 10.3. The topological polar surface area (TPSA) is 59.0 Å². The summed E-state index contributed by atoms with van der Waals surface area (Å²) in [6.45, 7) is 4.44. The molecule has 1 aliphatic heterocycles. The molecule has 0 bridgehead atoms. The summed E-state index contributed by atoms with van der Waals surface area (Å²) in [6.07, 6.45) is 1.81. The van der Waals surface area contributed by atoms with E-state index in [1.807, 2.05) is 24.0 Å². The first-order valence-electron chi connectivity index (χ1n) is 8.87. The molecule has 3 heterocycles. The molecule has 7 heteroatoms. The standard InChI is InChI=1S/C20H19FN4OS/c1-12-10-15(14-5-7-16(21)8-6-14)11-17(22-12)18-4-3-9-25(18)20(26)19-13(2)23-24-27-19/h5-8,10-11,18H,3-4,9H2,1-2H3. The predicted octanol–water partition coefficient (Wildman–Crippen LogP) is 4.33. The number of hydrogen-bond donors (Lipinski definition) is 0. The van der Waals surface area contributed by atoms with Gasteiger partial charge in [0.2, 0.25) is 0 Å². The summed E-state index contributed by atoms with van der Waals surface area (Å²) in [5.41, 5.74) is 4.32. The molecule has 0 N–H and O–H groups in total. The molecular formula is C20H19FN4OS. The fourth-order valence-corrected chi connectivity index (χ4v) is 4.16. The van der Waals surface area contributed by atoms with Gasteiger partial charge in [-0.3, -0.25) is 9.78 Å². The molecule has 1 aliphatic rings. The van der Waals surface area contributed by atoms with E-state index in [0.717, 1.165) is 46.9 Å². The highest BCUT2D eigenvalue weighted by atomic mass is 32.1. The van der Waals surface area contributed by atoms with Gasteiger partial charge in [-0.05, 0) is 73.6 Å². The Bertz CT molecular complexity index is 986. The minimum atomic E-state index is -0.258. The van der Waals surface area contributed by atoms with Crippen LogP contribution in [0.4, 0.5) is 4.39 Å². The molecule has 0 aliphatic carbocycles. The highest BCUT2D eigenvalue weighted by molar-refractivity contribution is 7.07. The number of pyridine rings is 1. The van der Waals surface area contributed by atoms with Gasteiger partial charge in [0.15, 0.2) is 0 Å². The Kier molecular flexibility index (Phi) is 4.70. The fourth-order valence-electron chi connectivity index (χ4n) is 3.55. The quantitative estimate of drug-likeness (QED) is 0.676. The molecule has 0 spiro atoms. The van der Waals surface area contributed by atoms with Gasteiger partial charge in [0.1, 0.15) is 10.7 Å². The third kappa shape index (κ3) is 3.47. The molecule has 4 rings (SSSR count). The van der Waals surface area contributed by atoms with Crippen LogP contribution in [0.5, 0.6) is 0 Å². The normalized spacial score (nSPS) is 16.7. The van der Waals surface area contributed by atoms with E-state index in [1.165, 1.54) is 12.1 Å². The van der Waals surface area contributed by atoms with Crippen LogP contribution in [0.25, 0.3) is 11.1 Å². The Hall–Kier alpha value is -2.67. The average molecular weight is 382 g/mol. The van der Waals surface area contributed by atoms with Crippen molar-refractivity contribution < 1.29 is 9.18 Å². The molecule has 1 unspecified atom stereocenters. The molecule has 5 nitrogen and oxygen atoms in total. The molecule has 3 aromatic rings. The lowest BCUT2D eigenvalue weighted by Gasteiger charge is -2.24. The van der Waals surface area contributed by atoms with Gasteiger partial charge in [-0.25, -0.2) is 4.39 Å². The van der Waals surface area contributed by atoms with E-state index in [4.69, 9.17) is 4.98 Å². The maximum absolute atomic E-state index is 13.2. The second-order valence-electron chi connectivity index (χ2n) is 6.77. The third-order valence-electron chi connectivity index (χ3n) is 4.85. The number of hydrogen-bond acceptors (Lipinski definition) is 5. The van der Waals surface area contributed by atoms with Gasteiger partial charge < -0.3 is 4.90 Å². The SMILES string of the molecule is Cc1cc(-c2ccc(F)cc2)cc(C2CCCN2C(=O)c2snnc2C)n1. The average Bonchev–Trinajstić information content (AvgIpc) is 3.30. The van der Waals surface area contributed by atoms with Crippen LogP contribution in [0.15, 0.2) is 36.4 Å². The highest BCUT2D eigenvalue weighted by Gasteiger charge is 2.33. The van der Waals surface area contributed by atoms with E-state index >= 15 is 0 Å². The summed E-state index contributed by atoms with van der Waals surface area (Å²) in [5.74, 6) is -0.289. The van der Waals surface area contributed by atoms with Crippen molar-refractivity contribution in [3.8, 4) is 11.1 Å². The molecule has 138 valence electrons. The van der Waals surface area contributed by atoms with Gasteiger partial charge in [0.25, 0.3) is 5.91 Å². The van der Waals surface area contributed by atoms with Crippen LogP contribution >= 0.6 is 11.5 Å². The number of aryl methyl sites for hydroxylation is 2. The van der Waals surface area contributed by atoms with Crippen LogP contribution in [-0.4, -0.2) is 31.9 Å². The molecular weight excluding hydrogens is 363 g/mol. The zero-order valence-corrected chi connectivity index (χ0v) is 16.0. The van der Waals surface area contributed by atoms with Crippen molar-refractivity contribution in [3.05, 3.63) is 64.2 Å². The molecule has 1 amide bonds. The van der Waals surface area contributed by atoms with Gasteiger partial charge in [-0.15, -0.1) is 5.10 Å². The molecule has 2 aromatic heterocycles. The van der Waals surface area contributed by atoms with Crippen molar-refractivity contribution in [2.24, 2.45) is 0 Å². The first kappa shape index (κ1) is 17.7. The number of carbonyl (C=O) groups is 1. The Balaban J connectivity index is 1.68. The summed E-state index contributed by atoms with van der Waals surface area (Å²) in [7, 11) is 0. The second kappa shape index (κ2) is 7.15. The Labute approximate surface area is 161 Å². The van der Waals surface area contributed by atoms with Crippen LogP contribution in [0.3, 0.4) is 0 Å². The van der Waals surface area contributed by atoms with Crippen molar-refractivity contribution in [1.29, 1.82) is 0 Å². The number of benzene rings is 1. The van der Waals surface area contributed by atoms with Gasteiger partial charge >= 0.3 is 0 Å². The van der Waals surface area contributed by atoms with Gasteiger partial charge in [0.05, 0.1) is 17.4 Å². The number of aromatic nitrogens is 3. The van der Waals surface area contributed by atoms with Crippen molar-refractivity contribution in [2.75, 3.05) is 6.54 Å². The summed E-state index contributed by atoms with van der Waals surface area (Å²) < 4.78 is 17.1. The molecule has 0 saturated carbocycles. The van der Waals surface area contributed by atoms with E-state index in [2.05, 4.69) is 9.59 Å². The Morgan fingerprint density at radius 3 is 2.67 bits per heavy atom. The monoisotopic (exact) mass is 382 g/mol. The van der Waals surface area contributed by atoms with Crippen LogP contribution in [-0.2, 0) is 0 Å². The van der Waals surface area contributed by atoms with Crippen LogP contribution < -0.4 is 0 Å². The van der Waals surface area contributed by atoms with Crippen molar-refractivity contribution >= 4 is 17.4 Å². The predicted molar refractivity (Wildman–Crippen MR) is 102 cm³/mol. The number of nitrogens with zero attached hydrogens (tertiary/aromatic N) is 4. The van der Waals surface area contributed by atoms with Gasteiger partial charge in [-0.2, -0.15) is 0 Å². The highest BCUT2D eigenvalue weighted by Crippen LogP contribution is 2.35. The first-order chi connectivity index (χ1) is 13.0. The van der Waals surface area contributed by atoms with E-state index in [9.17, 15) is 9.18 Å². The second-order valence-corrected chi connectivity index (χ2v) is 7.53. The lowest BCUT2D eigenvalue weighted by molar-refractivity contribution is 0.0737. The molecule has 0 radical (unpaired) electrons. The van der Waals surface area contributed by atoms with Crippen molar-refractivity contribution in [1.82, 2.24) is 19.5 Å². The smallest absolute Gasteiger partial charge is 0.268 e. The largest absolute Gasteiger partial charge is 0.329 e. The van der Waals surface area contributed by atoms with E-state index in [-0.39, 0.29) is 17.8 Å². The number of carbonyl (C=O) groups excluding carboxylic acids is 1. The van der Waals surface area contributed by atoms with E-state index in [1.54, 1.807) is 19.1 Å². The molecule has 1 saturated heterocycles. The minimum absolute atomic E-state index is 0.0309. The van der Waals surface area contributed by atoms with Crippen LogP contribution in [0.2, 0.25) is 0 Å². The third-order valence-corrected chi connectivity index (χ3v) is 5.67. The first-order valence-corrected chi connectivity index (χ1v) is 9.65. The Morgan fingerprint density at radius 2 is 1.96 bits per heavy atom. The number of amides is 1. The number of likely N-dealkylation sites (tertiary alicyclic amines) is 1. The van der Waals surface area contributed by atoms with Gasteiger partial charge in [-0.1, -0.05) is 16.6 Å². The number of rotatable bonds is 3. The molecule has 27 heavy (non-hydrogen) atoms. The van der Waals surface area contributed by atoms with Gasteiger partial charge in [0, 0.05) is 12.2 Å². The van der Waals surface area contributed by atoms with E-state index < -0.39 is 0 Å². The summed E-state index contributed by atoms with van der Waals surface area (Å²) in [5, 5.41) is 3.96. The Morgan fingerprint density at radius 1 is 1.19 bits per heavy atom. The van der Waals surface area contributed by atoms with E-state index in [0.29, 0.717) is 17.1 Å². The summed E-state index contributed by atoms with van der Waals surface area (Å²) >= 11 is 1.14. The molecule has 1 atom stereocenters. The lowest BCUT2D eigenvalue weighted by Crippen LogP contribution is -2.31. The van der Waals surface area contributed by atoms with Crippen molar-refractivity contribution in [3.63, 3.8) is 0 Å². The maximum Gasteiger partial charge on any atom is 0.268 e. The fraction of sp³-hybridized carbons (Fsp3) is 0.300. The zero-order chi connectivity index (χ0) is 19.0. The zero-order valence-electron chi connectivity index (χ0n) is 15.1. The minimum Gasteiger partial charge on any atom is -0.329 e. The summed E-state index contributed by atoms with van der Waals surface area (Å²) in [4.78, 5) is 20.1. The molecule has 1 aromatic carbocycles. The van der Waals surface area contributed by atoms with Crippen LogP contribution in [0.1, 0.15) is 45.6 Å². The molecule has 1 fully saturated rings. The maximum atomic E-state index is 13.2. The number of halogens is 1. The lowest BCUT2D eigenvalue weighted by atomic mass is 10.0.